The number of pyridine rings is 2. The van der Waals surface area contributed by atoms with Gasteiger partial charge in [-0.05, 0) is 38.1 Å². The second-order valence-corrected chi connectivity index (χ2v) is 7.98. The number of anilines is 2. The summed E-state index contributed by atoms with van der Waals surface area (Å²) >= 11 is 5.35. The van der Waals surface area contributed by atoms with Gasteiger partial charge < -0.3 is 20.0 Å². The molecule has 12 heteroatoms. The normalized spacial score (nSPS) is 9.05. The quantitative estimate of drug-likeness (QED) is 0.212. The van der Waals surface area contributed by atoms with Crippen molar-refractivity contribution in [2.45, 2.75) is 55.4 Å². The molecule has 0 atom stereocenters. The van der Waals surface area contributed by atoms with E-state index in [4.69, 9.17) is 12.2 Å². The van der Waals surface area contributed by atoms with E-state index in [2.05, 4.69) is 43.2 Å². The van der Waals surface area contributed by atoms with Crippen molar-refractivity contribution < 1.29 is 70.2 Å². The Balaban J connectivity index is 0. The summed E-state index contributed by atoms with van der Waals surface area (Å²) in [6.07, 6.45) is 9.38. The van der Waals surface area contributed by atoms with Crippen LogP contribution in [-0.2, 0) is 79.5 Å². The molecule has 0 saturated heterocycles. The second kappa shape index (κ2) is 21.1. The fourth-order valence-electron chi connectivity index (χ4n) is 3.13. The molecule has 9 nitrogen and oxygen atoms in total. The van der Waals surface area contributed by atoms with Gasteiger partial charge in [0.05, 0.1) is 5.56 Å². The van der Waals surface area contributed by atoms with Crippen LogP contribution in [0.5, 0.6) is 0 Å². The predicted molar refractivity (Wildman–Crippen MR) is 157 cm³/mol. The molecule has 4 aromatic rings. The number of carbonyl (C=O) groups excluding carboxylic acids is 1. The molecular weight excluding hydrogens is 674 g/mol. The molecule has 0 unspecified atom stereocenters. The van der Waals surface area contributed by atoms with Gasteiger partial charge >= 0.3 is 0 Å². The van der Waals surface area contributed by atoms with Crippen LogP contribution in [0.15, 0.2) is 36.7 Å². The average molecular weight is 713 g/mol. The molecular formula is C28H38N8OSY2-2. The summed E-state index contributed by atoms with van der Waals surface area (Å²) in [5, 5.41) is 14.2. The third kappa shape index (κ3) is 12.4. The summed E-state index contributed by atoms with van der Waals surface area (Å²) < 4.78 is 3.18. The first-order valence-electron chi connectivity index (χ1n) is 12.5. The molecule has 2 radical (unpaired) electrons. The van der Waals surface area contributed by atoms with Crippen LogP contribution in [-0.4, -0.2) is 40.4 Å². The standard InChI is InChI=1S/C12H13N4O.C12H13N4S.2C2H6.2Y/c2*1-8-10(5-4-6-13-8)12(17)14-11-7-16(3)15-9(11)2;2*1-2;;/h2*4-6H,1-3H3,(H,14,17);2*1-2H3;;/q2*-1;;;;. The number of carbonyl (C=O) groups is 1. The van der Waals surface area contributed by atoms with Gasteiger partial charge in [-0.2, -0.15) is 0 Å². The van der Waals surface area contributed by atoms with Gasteiger partial charge in [0, 0.05) is 109 Å². The summed E-state index contributed by atoms with van der Waals surface area (Å²) in [7, 11) is 3.59. The van der Waals surface area contributed by atoms with Crippen molar-refractivity contribution in [2.24, 2.45) is 14.1 Å². The molecule has 0 fully saturated rings. The molecule has 4 rings (SSSR count). The molecule has 2 N–H and O–H groups in total. The van der Waals surface area contributed by atoms with Crippen LogP contribution in [0.2, 0.25) is 0 Å². The Morgan fingerprint density at radius 3 is 1.50 bits per heavy atom. The largest absolute Gasteiger partial charge is 0.378 e. The first kappa shape index (κ1) is 40.4. The number of aromatic nitrogens is 6. The minimum atomic E-state index is -0.192. The van der Waals surface area contributed by atoms with Crippen molar-refractivity contribution in [3.63, 3.8) is 0 Å². The molecule has 4 aromatic heterocycles. The minimum absolute atomic E-state index is 0. The molecule has 0 saturated carbocycles. The maximum Gasteiger partial charge on any atom is 0.254 e. The fourth-order valence-corrected chi connectivity index (χ4v) is 3.45. The van der Waals surface area contributed by atoms with E-state index in [1.807, 2.05) is 67.6 Å². The van der Waals surface area contributed by atoms with Gasteiger partial charge in [-0.3, -0.25) is 25.0 Å². The Hall–Kier alpha value is -1.71. The summed E-state index contributed by atoms with van der Waals surface area (Å²) in [5.41, 5.74) is 6.11. The van der Waals surface area contributed by atoms with Crippen LogP contribution in [0, 0.1) is 40.1 Å². The number of amides is 1. The Kier molecular flexibility index (Phi) is 21.3. The van der Waals surface area contributed by atoms with Crippen molar-refractivity contribution in [3.8, 4) is 0 Å². The Bertz CT molecular complexity index is 1240. The summed E-state index contributed by atoms with van der Waals surface area (Å²) in [5.74, 6) is -0.192. The van der Waals surface area contributed by atoms with Crippen LogP contribution >= 0.6 is 12.2 Å². The van der Waals surface area contributed by atoms with E-state index in [1.165, 1.54) is 0 Å². The fraction of sp³-hybridized carbons (Fsp3) is 0.357. The van der Waals surface area contributed by atoms with Gasteiger partial charge in [-0.15, -0.1) is 12.4 Å². The predicted octanol–water partition coefficient (Wildman–Crippen LogP) is 5.55. The average Bonchev–Trinajstić information content (AvgIpc) is 3.40. The zero-order valence-corrected chi connectivity index (χ0v) is 31.6. The number of rotatable bonds is 4. The molecule has 0 bridgehead atoms. The van der Waals surface area contributed by atoms with Crippen molar-refractivity contribution in [1.82, 2.24) is 29.5 Å². The Morgan fingerprint density at radius 2 is 1.12 bits per heavy atom. The van der Waals surface area contributed by atoms with Crippen LogP contribution in [0.4, 0.5) is 11.4 Å². The minimum Gasteiger partial charge on any atom is -0.378 e. The number of hydrogen-bond donors (Lipinski definition) is 2. The van der Waals surface area contributed by atoms with Gasteiger partial charge in [0.1, 0.15) is 4.99 Å². The van der Waals surface area contributed by atoms with Crippen molar-refractivity contribution in [2.75, 3.05) is 10.6 Å². The molecule has 0 aliphatic rings. The maximum atomic E-state index is 12.0. The summed E-state index contributed by atoms with van der Waals surface area (Å²) in [6, 6.07) is 7.30. The number of nitrogens with zero attached hydrogens (tertiary/aromatic N) is 6. The molecule has 4 heterocycles. The summed E-state index contributed by atoms with van der Waals surface area (Å²) in [6.45, 7) is 15.5. The van der Waals surface area contributed by atoms with Crippen LogP contribution in [0.25, 0.3) is 0 Å². The topological polar surface area (TPSA) is 103 Å². The van der Waals surface area contributed by atoms with Crippen LogP contribution in [0.1, 0.15) is 66.4 Å². The first-order valence-corrected chi connectivity index (χ1v) is 12.9. The van der Waals surface area contributed by atoms with E-state index in [-0.39, 0.29) is 71.3 Å². The number of hydrogen-bond acceptors (Lipinski definition) is 6. The zero-order chi connectivity index (χ0) is 28.8. The van der Waals surface area contributed by atoms with Crippen LogP contribution < -0.4 is 10.6 Å². The van der Waals surface area contributed by atoms with Gasteiger partial charge in [0.15, 0.2) is 0 Å². The molecule has 0 aliphatic heterocycles. The molecule has 210 valence electrons. The van der Waals surface area contributed by atoms with Crippen LogP contribution in [0.3, 0.4) is 0 Å². The number of aryl methyl sites for hydroxylation is 6. The number of thiocarbonyl (C=S) groups is 1. The monoisotopic (exact) mass is 712 g/mol. The third-order valence-corrected chi connectivity index (χ3v) is 5.17. The molecule has 1 amide bonds. The SMILES string of the molecule is CC.CC.Cc1nn(C)[c-]c1NC(=O)c1cccnc1C.Cc1nn(C)[c-]c1NC(=S)c1cccnc1C.[Y].[Y]. The molecule has 40 heavy (non-hydrogen) atoms. The third-order valence-electron chi connectivity index (χ3n) is 4.85. The maximum absolute atomic E-state index is 12.0. The van der Waals surface area contributed by atoms with Gasteiger partial charge in [-0.25, -0.2) is 0 Å². The van der Waals surface area contributed by atoms with E-state index in [1.54, 1.807) is 47.9 Å². The first-order chi connectivity index (χ1) is 18.2. The Labute approximate surface area is 294 Å². The summed E-state index contributed by atoms with van der Waals surface area (Å²) in [4.78, 5) is 20.9. The van der Waals surface area contributed by atoms with E-state index in [0.717, 1.165) is 28.3 Å². The van der Waals surface area contributed by atoms with Gasteiger partial charge in [-0.1, -0.05) is 76.5 Å². The zero-order valence-electron chi connectivity index (χ0n) is 25.1. The second-order valence-electron chi connectivity index (χ2n) is 7.57. The van der Waals surface area contributed by atoms with E-state index < -0.39 is 0 Å². The van der Waals surface area contributed by atoms with Gasteiger partial charge in [0.2, 0.25) is 0 Å². The van der Waals surface area contributed by atoms with Crippen molar-refractivity contribution in [3.05, 3.63) is 83.0 Å². The molecule has 0 aromatic carbocycles. The molecule has 0 aliphatic carbocycles. The molecule has 0 spiro atoms. The van der Waals surface area contributed by atoms with E-state index in [0.29, 0.717) is 21.9 Å². The Morgan fingerprint density at radius 1 is 0.725 bits per heavy atom. The van der Waals surface area contributed by atoms with Gasteiger partial charge in [0.25, 0.3) is 5.91 Å². The van der Waals surface area contributed by atoms with E-state index in [9.17, 15) is 4.79 Å². The smallest absolute Gasteiger partial charge is 0.254 e. The van der Waals surface area contributed by atoms with E-state index >= 15 is 0 Å². The van der Waals surface area contributed by atoms with Crippen molar-refractivity contribution >= 4 is 34.5 Å². The van der Waals surface area contributed by atoms with Crippen molar-refractivity contribution in [1.29, 1.82) is 0 Å². The number of nitrogens with one attached hydrogen (secondary N) is 2.